The zero-order valence-corrected chi connectivity index (χ0v) is 15.1. The van der Waals surface area contributed by atoms with Gasteiger partial charge >= 0.3 is 5.97 Å². The van der Waals surface area contributed by atoms with Crippen molar-refractivity contribution in [3.8, 4) is 5.75 Å². The average molecular weight is 354 g/mol. The van der Waals surface area contributed by atoms with E-state index in [1.807, 2.05) is 44.2 Å². The summed E-state index contributed by atoms with van der Waals surface area (Å²) >= 11 is 0. The van der Waals surface area contributed by atoms with Crippen LogP contribution in [-0.4, -0.2) is 17.1 Å². The Labute approximate surface area is 151 Å². The van der Waals surface area contributed by atoms with E-state index in [0.29, 0.717) is 17.9 Å². The molecule has 1 aromatic carbocycles. The molecular formula is C20H22N2O4. The Hall–Kier alpha value is -3.02. The number of ether oxygens (including phenoxy) is 2. The normalized spacial score (nSPS) is 16.0. The highest BCUT2D eigenvalue weighted by Crippen LogP contribution is 2.41. The number of aromatic nitrogens is 1. The van der Waals surface area contributed by atoms with Crippen LogP contribution in [0.2, 0.25) is 0 Å². The second kappa shape index (κ2) is 7.07. The zero-order chi connectivity index (χ0) is 18.8. The summed E-state index contributed by atoms with van der Waals surface area (Å²) in [5, 5.41) is 0. The molecule has 1 atom stereocenters. The maximum absolute atomic E-state index is 13.1. The van der Waals surface area contributed by atoms with Crippen LogP contribution in [0.25, 0.3) is 0 Å². The second-order valence-electron chi connectivity index (χ2n) is 6.06. The minimum Gasteiger partial charge on any atom is -0.462 e. The van der Waals surface area contributed by atoms with Crippen molar-refractivity contribution in [3.05, 3.63) is 75.0 Å². The Bertz CT molecular complexity index is 929. The van der Waals surface area contributed by atoms with E-state index in [1.165, 1.54) is 0 Å². The molecule has 0 amide bonds. The predicted molar refractivity (Wildman–Crippen MR) is 97.9 cm³/mol. The fraction of sp³-hybridized carbons (Fsp3) is 0.300. The van der Waals surface area contributed by atoms with Gasteiger partial charge in [0.2, 0.25) is 5.88 Å². The van der Waals surface area contributed by atoms with Crippen molar-refractivity contribution >= 4 is 5.97 Å². The molecule has 0 aliphatic carbocycles. The van der Waals surface area contributed by atoms with E-state index >= 15 is 0 Å². The second-order valence-corrected chi connectivity index (χ2v) is 6.06. The van der Waals surface area contributed by atoms with E-state index in [-0.39, 0.29) is 23.6 Å². The van der Waals surface area contributed by atoms with Crippen molar-refractivity contribution in [1.29, 1.82) is 0 Å². The van der Waals surface area contributed by atoms with E-state index in [2.05, 4.69) is 0 Å². The maximum Gasteiger partial charge on any atom is 0.340 e. The molecule has 0 radical (unpaired) electrons. The fourth-order valence-corrected chi connectivity index (χ4v) is 3.37. The minimum atomic E-state index is -0.634. The van der Waals surface area contributed by atoms with E-state index in [4.69, 9.17) is 15.2 Å². The standard InChI is InChI=1S/C20H22N2O4/c1-4-22-12(3)11-14-16(19(22)23)15(13-9-7-6-8-10-13)17(18(21)26-14)20(24)25-5-2/h6-11,15H,4-5,21H2,1-3H3. The van der Waals surface area contributed by atoms with Gasteiger partial charge in [-0.3, -0.25) is 4.79 Å². The predicted octanol–water partition coefficient (Wildman–Crippen LogP) is 2.43. The topological polar surface area (TPSA) is 83.5 Å². The smallest absolute Gasteiger partial charge is 0.340 e. The van der Waals surface area contributed by atoms with Crippen molar-refractivity contribution < 1.29 is 14.3 Å². The number of esters is 1. The molecule has 0 saturated carbocycles. The van der Waals surface area contributed by atoms with Crippen molar-refractivity contribution in [1.82, 2.24) is 4.57 Å². The Morgan fingerprint density at radius 2 is 1.96 bits per heavy atom. The Morgan fingerprint density at radius 1 is 1.27 bits per heavy atom. The SMILES string of the molecule is CCOC(=O)C1=C(N)Oc2cc(C)n(CC)c(=O)c2C1c1ccccc1. The third kappa shape index (κ3) is 2.87. The Kier molecular flexibility index (Phi) is 4.84. The summed E-state index contributed by atoms with van der Waals surface area (Å²) in [6.45, 7) is 6.19. The Balaban J connectivity index is 2.31. The molecule has 3 rings (SSSR count). The molecule has 1 aliphatic rings. The van der Waals surface area contributed by atoms with Crippen molar-refractivity contribution in [2.24, 2.45) is 5.73 Å². The van der Waals surface area contributed by atoms with Crippen molar-refractivity contribution in [3.63, 3.8) is 0 Å². The van der Waals surface area contributed by atoms with Gasteiger partial charge in [-0.25, -0.2) is 4.79 Å². The van der Waals surface area contributed by atoms with Gasteiger partial charge in [0, 0.05) is 18.3 Å². The van der Waals surface area contributed by atoms with Crippen LogP contribution in [0.15, 0.2) is 52.6 Å². The van der Waals surface area contributed by atoms with Crippen molar-refractivity contribution in [2.45, 2.75) is 33.2 Å². The van der Waals surface area contributed by atoms with Gasteiger partial charge in [-0.2, -0.15) is 0 Å². The van der Waals surface area contributed by atoms with Crippen LogP contribution in [0.5, 0.6) is 5.75 Å². The molecule has 6 heteroatoms. The number of aryl methyl sites for hydroxylation is 1. The summed E-state index contributed by atoms with van der Waals surface area (Å²) < 4.78 is 12.5. The zero-order valence-electron chi connectivity index (χ0n) is 15.1. The van der Waals surface area contributed by atoms with Crippen LogP contribution in [0.1, 0.15) is 36.6 Å². The molecule has 1 aliphatic heterocycles. The third-order valence-electron chi connectivity index (χ3n) is 4.51. The summed E-state index contributed by atoms with van der Waals surface area (Å²) in [5.74, 6) is -0.855. The number of pyridine rings is 1. The van der Waals surface area contributed by atoms with Crippen molar-refractivity contribution in [2.75, 3.05) is 6.61 Å². The number of nitrogens with zero attached hydrogens (tertiary/aromatic N) is 1. The summed E-state index contributed by atoms with van der Waals surface area (Å²) in [4.78, 5) is 25.7. The fourth-order valence-electron chi connectivity index (χ4n) is 3.37. The first-order valence-corrected chi connectivity index (χ1v) is 8.63. The number of carbonyl (C=O) groups is 1. The molecule has 2 heterocycles. The van der Waals surface area contributed by atoms with Crippen LogP contribution >= 0.6 is 0 Å². The lowest BCUT2D eigenvalue weighted by molar-refractivity contribution is -0.139. The minimum absolute atomic E-state index is 0.0298. The molecule has 0 saturated heterocycles. The number of benzene rings is 1. The number of rotatable bonds is 4. The molecule has 0 fully saturated rings. The summed E-state index contributed by atoms with van der Waals surface area (Å²) in [7, 11) is 0. The highest BCUT2D eigenvalue weighted by atomic mass is 16.5. The van der Waals surface area contributed by atoms with Gasteiger partial charge < -0.3 is 19.8 Å². The van der Waals surface area contributed by atoms with Crippen LogP contribution < -0.4 is 16.0 Å². The van der Waals surface area contributed by atoms with Gasteiger partial charge in [0.05, 0.1) is 18.1 Å². The first kappa shape index (κ1) is 17.8. The summed E-state index contributed by atoms with van der Waals surface area (Å²) in [6, 6.07) is 11.1. The number of hydrogen-bond donors (Lipinski definition) is 1. The molecule has 0 spiro atoms. The molecule has 2 aromatic rings. The van der Waals surface area contributed by atoms with Gasteiger partial charge in [0.25, 0.3) is 5.56 Å². The Morgan fingerprint density at radius 3 is 2.58 bits per heavy atom. The van der Waals surface area contributed by atoms with Crippen LogP contribution in [0.4, 0.5) is 0 Å². The third-order valence-corrected chi connectivity index (χ3v) is 4.51. The molecule has 136 valence electrons. The van der Waals surface area contributed by atoms with Crippen LogP contribution in [0.3, 0.4) is 0 Å². The van der Waals surface area contributed by atoms with E-state index in [9.17, 15) is 9.59 Å². The molecule has 26 heavy (non-hydrogen) atoms. The first-order chi connectivity index (χ1) is 12.5. The highest BCUT2D eigenvalue weighted by Gasteiger charge is 2.38. The van der Waals surface area contributed by atoms with Gasteiger partial charge in [0.1, 0.15) is 11.3 Å². The summed E-state index contributed by atoms with van der Waals surface area (Å²) in [6.07, 6.45) is 0. The van der Waals surface area contributed by atoms with Crippen LogP contribution in [0, 0.1) is 6.92 Å². The monoisotopic (exact) mass is 354 g/mol. The van der Waals surface area contributed by atoms with E-state index < -0.39 is 11.9 Å². The lowest BCUT2D eigenvalue weighted by Crippen LogP contribution is -2.35. The van der Waals surface area contributed by atoms with Crippen LogP contribution in [-0.2, 0) is 16.1 Å². The molecular weight excluding hydrogens is 332 g/mol. The number of carbonyl (C=O) groups excluding carboxylic acids is 1. The molecule has 2 N–H and O–H groups in total. The van der Waals surface area contributed by atoms with E-state index in [0.717, 1.165) is 11.3 Å². The molecule has 1 aromatic heterocycles. The maximum atomic E-state index is 13.1. The van der Waals surface area contributed by atoms with Gasteiger partial charge in [-0.1, -0.05) is 30.3 Å². The average Bonchev–Trinajstić information content (AvgIpc) is 2.61. The van der Waals surface area contributed by atoms with Gasteiger partial charge in [0.15, 0.2) is 0 Å². The van der Waals surface area contributed by atoms with Gasteiger partial charge in [-0.05, 0) is 26.3 Å². The first-order valence-electron chi connectivity index (χ1n) is 8.63. The number of nitrogens with two attached hydrogens (primary N) is 1. The van der Waals surface area contributed by atoms with E-state index in [1.54, 1.807) is 17.6 Å². The number of fused-ring (bicyclic) bond motifs is 1. The molecule has 1 unspecified atom stereocenters. The lowest BCUT2D eigenvalue weighted by atomic mass is 9.83. The molecule has 6 nitrogen and oxygen atoms in total. The van der Waals surface area contributed by atoms with Gasteiger partial charge in [-0.15, -0.1) is 0 Å². The quantitative estimate of drug-likeness (QED) is 0.853. The summed E-state index contributed by atoms with van der Waals surface area (Å²) in [5.41, 5.74) is 8.00. The number of hydrogen-bond acceptors (Lipinski definition) is 5. The lowest BCUT2D eigenvalue weighted by Gasteiger charge is -2.29. The largest absolute Gasteiger partial charge is 0.462 e. The highest BCUT2D eigenvalue weighted by molar-refractivity contribution is 5.92. The molecule has 0 bridgehead atoms.